The van der Waals surface area contributed by atoms with Crippen LogP contribution in [0.5, 0.6) is 0 Å². The van der Waals surface area contributed by atoms with Crippen molar-refractivity contribution in [1.82, 2.24) is 9.62 Å². The first kappa shape index (κ1) is 21.0. The summed E-state index contributed by atoms with van der Waals surface area (Å²) in [4.78, 5) is 12.5. The SMILES string of the molecule is CCN(CC)S(=O)(=O)c1ccc(C)c(C(=O)NCc2cc(F)cc(F)c2)c1. The third-order valence-electron chi connectivity index (χ3n) is 4.17. The first-order valence-corrected chi connectivity index (χ1v) is 9.97. The lowest BCUT2D eigenvalue weighted by Crippen LogP contribution is -2.31. The van der Waals surface area contributed by atoms with E-state index in [4.69, 9.17) is 0 Å². The van der Waals surface area contributed by atoms with E-state index in [-0.39, 0.29) is 22.6 Å². The molecule has 5 nitrogen and oxygen atoms in total. The van der Waals surface area contributed by atoms with Crippen molar-refractivity contribution in [3.8, 4) is 0 Å². The van der Waals surface area contributed by atoms with Crippen LogP contribution in [0.4, 0.5) is 8.78 Å². The molecule has 2 rings (SSSR count). The van der Waals surface area contributed by atoms with Crippen molar-refractivity contribution >= 4 is 15.9 Å². The smallest absolute Gasteiger partial charge is 0.251 e. The zero-order valence-electron chi connectivity index (χ0n) is 15.4. The van der Waals surface area contributed by atoms with E-state index in [0.29, 0.717) is 18.7 Å². The zero-order chi connectivity index (χ0) is 20.2. The van der Waals surface area contributed by atoms with Gasteiger partial charge >= 0.3 is 0 Å². The molecule has 0 fully saturated rings. The van der Waals surface area contributed by atoms with Gasteiger partial charge in [0.1, 0.15) is 11.6 Å². The monoisotopic (exact) mass is 396 g/mol. The van der Waals surface area contributed by atoms with Crippen LogP contribution < -0.4 is 5.32 Å². The highest BCUT2D eigenvalue weighted by Gasteiger charge is 2.23. The first-order chi connectivity index (χ1) is 12.7. The molecule has 2 aromatic carbocycles. The third-order valence-corrected chi connectivity index (χ3v) is 6.22. The number of nitrogens with one attached hydrogen (secondary N) is 1. The number of rotatable bonds is 7. The van der Waals surface area contributed by atoms with E-state index in [1.807, 2.05) is 0 Å². The minimum Gasteiger partial charge on any atom is -0.348 e. The van der Waals surface area contributed by atoms with Gasteiger partial charge in [-0.15, -0.1) is 0 Å². The van der Waals surface area contributed by atoms with Gasteiger partial charge in [-0.25, -0.2) is 17.2 Å². The molecule has 0 spiro atoms. The molecule has 0 saturated carbocycles. The highest BCUT2D eigenvalue weighted by molar-refractivity contribution is 7.89. The average molecular weight is 396 g/mol. The lowest BCUT2D eigenvalue weighted by Gasteiger charge is -2.19. The molecule has 0 atom stereocenters. The fourth-order valence-electron chi connectivity index (χ4n) is 2.71. The molecule has 0 aliphatic rings. The number of hydrogen-bond acceptors (Lipinski definition) is 3. The van der Waals surface area contributed by atoms with Crippen LogP contribution in [-0.2, 0) is 16.6 Å². The number of benzene rings is 2. The second-order valence-corrected chi connectivity index (χ2v) is 7.96. The predicted molar refractivity (Wildman–Crippen MR) is 98.8 cm³/mol. The van der Waals surface area contributed by atoms with Crippen LogP contribution in [0.15, 0.2) is 41.3 Å². The van der Waals surface area contributed by atoms with Gasteiger partial charge in [-0.1, -0.05) is 19.9 Å². The van der Waals surface area contributed by atoms with E-state index in [1.54, 1.807) is 26.8 Å². The predicted octanol–water partition coefficient (Wildman–Crippen LogP) is 3.23. The molecule has 8 heteroatoms. The van der Waals surface area contributed by atoms with Gasteiger partial charge in [-0.3, -0.25) is 4.79 Å². The van der Waals surface area contributed by atoms with Crippen LogP contribution in [0.3, 0.4) is 0 Å². The van der Waals surface area contributed by atoms with Crippen molar-refractivity contribution in [2.45, 2.75) is 32.2 Å². The fraction of sp³-hybridized carbons (Fsp3) is 0.316. The quantitative estimate of drug-likeness (QED) is 0.781. The topological polar surface area (TPSA) is 66.5 Å². The lowest BCUT2D eigenvalue weighted by molar-refractivity contribution is 0.0950. The molecule has 1 N–H and O–H groups in total. The molecule has 0 bridgehead atoms. The molecule has 0 aliphatic carbocycles. The first-order valence-electron chi connectivity index (χ1n) is 8.53. The summed E-state index contributed by atoms with van der Waals surface area (Å²) in [5.74, 6) is -1.99. The number of hydrogen-bond donors (Lipinski definition) is 1. The summed E-state index contributed by atoms with van der Waals surface area (Å²) in [6, 6.07) is 7.34. The van der Waals surface area contributed by atoms with Gasteiger partial charge in [-0.2, -0.15) is 4.31 Å². The Kier molecular flexibility index (Phi) is 6.67. The van der Waals surface area contributed by atoms with Crippen LogP contribution in [0.2, 0.25) is 0 Å². The molecular weight excluding hydrogens is 374 g/mol. The van der Waals surface area contributed by atoms with Crippen LogP contribution in [-0.4, -0.2) is 31.7 Å². The average Bonchev–Trinajstić information content (AvgIpc) is 2.60. The second kappa shape index (κ2) is 8.58. The Balaban J connectivity index is 2.26. The molecule has 146 valence electrons. The number of amides is 1. The minimum atomic E-state index is -3.70. The minimum absolute atomic E-state index is 0.0266. The molecule has 0 unspecified atom stereocenters. The number of nitrogens with zero attached hydrogens (tertiary/aromatic N) is 1. The van der Waals surface area contributed by atoms with E-state index >= 15 is 0 Å². The maximum absolute atomic E-state index is 13.2. The van der Waals surface area contributed by atoms with Crippen LogP contribution in [0.1, 0.15) is 35.3 Å². The van der Waals surface area contributed by atoms with Gasteiger partial charge in [-0.05, 0) is 42.3 Å². The molecular formula is C19H22F2N2O3S. The molecule has 1 amide bonds. The van der Waals surface area contributed by atoms with Crippen molar-refractivity contribution in [2.75, 3.05) is 13.1 Å². The largest absolute Gasteiger partial charge is 0.348 e. The van der Waals surface area contributed by atoms with E-state index in [9.17, 15) is 22.0 Å². The Morgan fingerprint density at radius 2 is 1.63 bits per heavy atom. The summed E-state index contributed by atoms with van der Waals surface area (Å²) in [5, 5.41) is 2.57. The van der Waals surface area contributed by atoms with Crippen LogP contribution in [0.25, 0.3) is 0 Å². The molecule has 0 heterocycles. The molecule has 0 aromatic heterocycles. The van der Waals surface area contributed by atoms with Crippen molar-refractivity contribution in [1.29, 1.82) is 0 Å². The van der Waals surface area contributed by atoms with Crippen molar-refractivity contribution in [3.63, 3.8) is 0 Å². The Morgan fingerprint density at radius 1 is 1.04 bits per heavy atom. The van der Waals surface area contributed by atoms with Gasteiger partial charge in [0, 0.05) is 31.3 Å². The van der Waals surface area contributed by atoms with E-state index < -0.39 is 27.6 Å². The highest BCUT2D eigenvalue weighted by atomic mass is 32.2. The lowest BCUT2D eigenvalue weighted by atomic mass is 10.1. The number of aryl methyl sites for hydroxylation is 1. The summed E-state index contributed by atoms with van der Waals surface area (Å²) < 4.78 is 53.1. The number of carbonyl (C=O) groups is 1. The molecule has 0 saturated heterocycles. The van der Waals surface area contributed by atoms with Gasteiger partial charge in [0.05, 0.1) is 4.90 Å². The Labute approximate surface area is 158 Å². The molecule has 0 radical (unpaired) electrons. The molecule has 0 aliphatic heterocycles. The number of halogens is 2. The normalized spacial score (nSPS) is 11.6. The van der Waals surface area contributed by atoms with Gasteiger partial charge in [0.2, 0.25) is 10.0 Å². The summed E-state index contributed by atoms with van der Waals surface area (Å²) in [6.45, 7) is 5.71. The van der Waals surface area contributed by atoms with Crippen molar-refractivity contribution in [3.05, 3.63) is 64.7 Å². The van der Waals surface area contributed by atoms with Gasteiger partial charge in [0.15, 0.2) is 0 Å². The summed E-state index contributed by atoms with van der Waals surface area (Å²) in [7, 11) is -3.70. The van der Waals surface area contributed by atoms with Crippen molar-refractivity contribution in [2.24, 2.45) is 0 Å². The summed E-state index contributed by atoms with van der Waals surface area (Å²) >= 11 is 0. The molecule has 2 aromatic rings. The van der Waals surface area contributed by atoms with Crippen LogP contribution >= 0.6 is 0 Å². The summed E-state index contributed by atoms with van der Waals surface area (Å²) in [6.07, 6.45) is 0. The Morgan fingerprint density at radius 3 is 2.19 bits per heavy atom. The third kappa shape index (κ3) is 4.90. The summed E-state index contributed by atoms with van der Waals surface area (Å²) in [5.41, 5.74) is 1.06. The number of sulfonamides is 1. The van der Waals surface area contributed by atoms with Gasteiger partial charge in [0.25, 0.3) is 5.91 Å². The second-order valence-electron chi connectivity index (χ2n) is 6.03. The van der Waals surface area contributed by atoms with E-state index in [0.717, 1.165) is 18.2 Å². The fourth-order valence-corrected chi connectivity index (χ4v) is 4.19. The van der Waals surface area contributed by atoms with Crippen LogP contribution in [0, 0.1) is 18.6 Å². The van der Waals surface area contributed by atoms with E-state index in [1.165, 1.54) is 16.4 Å². The Hall–Kier alpha value is -2.32. The maximum atomic E-state index is 13.2. The standard InChI is InChI=1S/C19H22F2N2O3S/c1-4-23(5-2)27(25,26)17-7-6-13(3)18(11-17)19(24)22-12-14-8-15(20)10-16(21)9-14/h6-11H,4-5,12H2,1-3H3,(H,22,24). The highest BCUT2D eigenvalue weighted by Crippen LogP contribution is 2.20. The zero-order valence-corrected chi connectivity index (χ0v) is 16.2. The maximum Gasteiger partial charge on any atom is 0.251 e. The van der Waals surface area contributed by atoms with E-state index in [2.05, 4.69) is 5.32 Å². The molecule has 27 heavy (non-hydrogen) atoms. The van der Waals surface area contributed by atoms with Crippen molar-refractivity contribution < 1.29 is 22.0 Å². The number of carbonyl (C=O) groups excluding carboxylic acids is 1. The Bertz CT molecular complexity index is 922. The van der Waals surface area contributed by atoms with Gasteiger partial charge < -0.3 is 5.32 Å².